The number of aliphatic carboxylic acids is 1. The molecule has 7 nitrogen and oxygen atoms in total. The van der Waals surface area contributed by atoms with E-state index >= 15 is 0 Å². The van der Waals surface area contributed by atoms with Gasteiger partial charge in [-0.3, -0.25) is 4.79 Å². The van der Waals surface area contributed by atoms with Gasteiger partial charge >= 0.3 is 16.2 Å². The van der Waals surface area contributed by atoms with E-state index in [9.17, 15) is 13.2 Å². The van der Waals surface area contributed by atoms with E-state index in [1.165, 1.54) is 15.6 Å². The Hall–Kier alpha value is -1.19. The van der Waals surface area contributed by atoms with Crippen molar-refractivity contribution in [3.63, 3.8) is 0 Å². The topological polar surface area (TPSA) is 99.6 Å². The quantitative estimate of drug-likeness (QED) is 0.861. The van der Waals surface area contributed by atoms with Gasteiger partial charge in [-0.05, 0) is 19.8 Å². The molecule has 1 fully saturated rings. The molecule has 0 aliphatic carbocycles. The zero-order valence-corrected chi connectivity index (χ0v) is 12.0. The summed E-state index contributed by atoms with van der Waals surface area (Å²) in [7, 11) is -3.63. The molecular formula is C10H15N3O4S2. The molecule has 0 unspecified atom stereocenters. The Morgan fingerprint density at radius 3 is 2.63 bits per heavy atom. The van der Waals surface area contributed by atoms with Gasteiger partial charge in [-0.1, -0.05) is 0 Å². The number of thiazole rings is 1. The predicted molar refractivity (Wildman–Crippen MR) is 71.3 cm³/mol. The lowest BCUT2D eigenvalue weighted by Crippen LogP contribution is -2.42. The summed E-state index contributed by atoms with van der Waals surface area (Å²) in [6.07, 6.45) is 0.681. The van der Waals surface area contributed by atoms with Crippen molar-refractivity contribution in [2.75, 3.05) is 17.8 Å². The number of piperidine rings is 1. The molecule has 0 atom stereocenters. The Morgan fingerprint density at radius 1 is 1.53 bits per heavy atom. The molecule has 106 valence electrons. The lowest BCUT2D eigenvalue weighted by Gasteiger charge is -2.28. The van der Waals surface area contributed by atoms with Gasteiger partial charge < -0.3 is 5.11 Å². The van der Waals surface area contributed by atoms with E-state index in [4.69, 9.17) is 5.11 Å². The molecule has 1 aliphatic heterocycles. The van der Waals surface area contributed by atoms with Crippen LogP contribution in [0.15, 0.2) is 5.38 Å². The predicted octanol–water partition coefficient (Wildman–Crippen LogP) is 0.905. The van der Waals surface area contributed by atoms with E-state index in [0.717, 1.165) is 5.69 Å². The highest BCUT2D eigenvalue weighted by molar-refractivity contribution is 7.90. The number of anilines is 1. The summed E-state index contributed by atoms with van der Waals surface area (Å²) in [5.74, 6) is -1.31. The van der Waals surface area contributed by atoms with Crippen molar-refractivity contribution in [1.82, 2.24) is 9.29 Å². The van der Waals surface area contributed by atoms with E-state index < -0.39 is 22.1 Å². The fourth-order valence-electron chi connectivity index (χ4n) is 1.92. The van der Waals surface area contributed by atoms with Crippen molar-refractivity contribution < 1.29 is 18.3 Å². The van der Waals surface area contributed by atoms with Crippen LogP contribution >= 0.6 is 11.3 Å². The second-order valence-electron chi connectivity index (χ2n) is 4.41. The molecule has 19 heavy (non-hydrogen) atoms. The van der Waals surface area contributed by atoms with Crippen LogP contribution in [0.1, 0.15) is 18.5 Å². The van der Waals surface area contributed by atoms with Gasteiger partial charge in [-0.25, -0.2) is 9.71 Å². The van der Waals surface area contributed by atoms with Gasteiger partial charge in [0.1, 0.15) is 0 Å². The summed E-state index contributed by atoms with van der Waals surface area (Å²) in [6, 6.07) is 0. The molecule has 1 aromatic rings. The Morgan fingerprint density at radius 2 is 2.16 bits per heavy atom. The molecule has 0 saturated carbocycles. The first-order valence-corrected chi connectivity index (χ1v) is 8.13. The lowest BCUT2D eigenvalue weighted by molar-refractivity contribution is -0.142. The number of hydrogen-bond acceptors (Lipinski definition) is 5. The summed E-state index contributed by atoms with van der Waals surface area (Å²) in [5.41, 5.74) is 0.757. The minimum Gasteiger partial charge on any atom is -0.481 e. The summed E-state index contributed by atoms with van der Waals surface area (Å²) in [4.78, 5) is 14.9. The summed E-state index contributed by atoms with van der Waals surface area (Å²) in [5, 5.41) is 11.0. The zero-order chi connectivity index (χ0) is 14.0. The van der Waals surface area contributed by atoms with E-state index in [2.05, 4.69) is 9.71 Å². The molecule has 1 saturated heterocycles. The average Bonchev–Trinajstić information content (AvgIpc) is 2.74. The molecule has 9 heteroatoms. The Bertz CT molecular complexity index is 561. The van der Waals surface area contributed by atoms with E-state index in [-0.39, 0.29) is 13.1 Å². The first kappa shape index (κ1) is 14.2. The van der Waals surface area contributed by atoms with Crippen LogP contribution in [0.2, 0.25) is 0 Å². The van der Waals surface area contributed by atoms with Gasteiger partial charge in [0.25, 0.3) is 0 Å². The zero-order valence-electron chi connectivity index (χ0n) is 10.4. The van der Waals surface area contributed by atoms with Crippen molar-refractivity contribution >= 4 is 32.6 Å². The van der Waals surface area contributed by atoms with Gasteiger partial charge in [0, 0.05) is 18.5 Å². The molecule has 2 N–H and O–H groups in total. The van der Waals surface area contributed by atoms with Crippen molar-refractivity contribution in [2.45, 2.75) is 19.8 Å². The monoisotopic (exact) mass is 305 g/mol. The Balaban J connectivity index is 1.99. The van der Waals surface area contributed by atoms with Crippen molar-refractivity contribution in [3.05, 3.63) is 11.1 Å². The van der Waals surface area contributed by atoms with Crippen LogP contribution in [-0.2, 0) is 15.0 Å². The molecule has 0 radical (unpaired) electrons. The fraction of sp³-hybridized carbons (Fsp3) is 0.600. The fourth-order valence-corrected chi connectivity index (χ4v) is 4.05. The first-order valence-electron chi connectivity index (χ1n) is 5.81. The van der Waals surface area contributed by atoms with Crippen LogP contribution < -0.4 is 4.72 Å². The highest BCUT2D eigenvalue weighted by atomic mass is 32.2. The number of carboxylic acids is 1. The van der Waals surface area contributed by atoms with Gasteiger partial charge in [0.05, 0.1) is 11.6 Å². The number of carbonyl (C=O) groups is 1. The normalized spacial score (nSPS) is 18.4. The van der Waals surface area contributed by atoms with Crippen LogP contribution in [0.25, 0.3) is 0 Å². The van der Waals surface area contributed by atoms with Crippen molar-refractivity contribution in [3.8, 4) is 0 Å². The van der Waals surface area contributed by atoms with E-state index in [1.54, 1.807) is 12.3 Å². The first-order chi connectivity index (χ1) is 8.88. The maximum Gasteiger partial charge on any atom is 0.306 e. The van der Waals surface area contributed by atoms with Crippen LogP contribution in [0.3, 0.4) is 0 Å². The highest BCUT2D eigenvalue weighted by Gasteiger charge is 2.31. The number of carboxylic acid groups (broad SMARTS) is 1. The summed E-state index contributed by atoms with van der Waals surface area (Å²) < 4.78 is 27.8. The number of rotatable bonds is 4. The SMILES string of the molecule is Cc1csc(NS(=O)(=O)N2CCC(C(=O)O)CC2)n1. The molecule has 0 aromatic carbocycles. The van der Waals surface area contributed by atoms with Crippen LogP contribution in [0.4, 0.5) is 5.13 Å². The standard InChI is InChI=1S/C10H15N3O4S2/c1-7-6-18-10(11-7)12-19(16,17)13-4-2-8(3-5-13)9(14)15/h6,8H,2-5H2,1H3,(H,11,12)(H,14,15). The molecule has 1 aliphatic rings. The third kappa shape index (κ3) is 3.43. The molecule has 1 aromatic heterocycles. The van der Waals surface area contributed by atoms with Gasteiger partial charge in [0.2, 0.25) is 0 Å². The molecule has 0 spiro atoms. The summed E-state index contributed by atoms with van der Waals surface area (Å²) in [6.45, 7) is 2.22. The van der Waals surface area contributed by atoms with E-state index in [1.807, 2.05) is 0 Å². The average molecular weight is 305 g/mol. The number of aryl methyl sites for hydroxylation is 1. The number of hydrogen-bond donors (Lipinski definition) is 2. The molecular weight excluding hydrogens is 290 g/mol. The van der Waals surface area contributed by atoms with Crippen LogP contribution in [-0.4, -0.2) is 41.9 Å². The van der Waals surface area contributed by atoms with E-state index in [0.29, 0.717) is 18.0 Å². The largest absolute Gasteiger partial charge is 0.481 e. The number of nitrogens with zero attached hydrogens (tertiary/aromatic N) is 2. The maximum atomic E-state index is 12.1. The second kappa shape index (κ2) is 5.43. The van der Waals surface area contributed by atoms with Gasteiger partial charge in [0.15, 0.2) is 5.13 Å². The number of nitrogens with one attached hydrogen (secondary N) is 1. The second-order valence-corrected chi connectivity index (χ2v) is 6.94. The van der Waals surface area contributed by atoms with Gasteiger partial charge in [-0.2, -0.15) is 12.7 Å². The molecule has 0 bridgehead atoms. The molecule has 0 amide bonds. The van der Waals surface area contributed by atoms with Crippen LogP contribution in [0.5, 0.6) is 0 Å². The smallest absolute Gasteiger partial charge is 0.306 e. The number of aromatic nitrogens is 1. The summed E-state index contributed by atoms with van der Waals surface area (Å²) >= 11 is 1.22. The lowest BCUT2D eigenvalue weighted by atomic mass is 9.99. The van der Waals surface area contributed by atoms with Crippen molar-refractivity contribution in [1.29, 1.82) is 0 Å². The van der Waals surface area contributed by atoms with Crippen LogP contribution in [0, 0.1) is 12.8 Å². The minimum atomic E-state index is -3.63. The molecule has 2 rings (SSSR count). The van der Waals surface area contributed by atoms with Crippen molar-refractivity contribution in [2.24, 2.45) is 5.92 Å². The minimum absolute atomic E-state index is 0.219. The maximum absolute atomic E-state index is 12.1. The van der Waals surface area contributed by atoms with Gasteiger partial charge in [-0.15, -0.1) is 11.3 Å². The Kier molecular flexibility index (Phi) is 4.07. The third-order valence-corrected chi connectivity index (χ3v) is 5.48. The molecule has 2 heterocycles. The highest BCUT2D eigenvalue weighted by Crippen LogP contribution is 2.22. The third-order valence-electron chi connectivity index (χ3n) is 2.98. The Labute approximate surface area is 115 Å².